The van der Waals surface area contributed by atoms with E-state index in [2.05, 4.69) is 17.6 Å². The van der Waals surface area contributed by atoms with Gasteiger partial charge in [-0.3, -0.25) is 9.59 Å². The number of carbonyl (C=O) groups is 2. The Labute approximate surface area is 151 Å². The third-order valence-corrected chi connectivity index (χ3v) is 5.32. The first kappa shape index (κ1) is 19.5. The first-order valence-corrected chi connectivity index (χ1v) is 9.58. The summed E-state index contributed by atoms with van der Waals surface area (Å²) in [6.07, 6.45) is 5.68. The zero-order valence-corrected chi connectivity index (χ0v) is 16.0. The van der Waals surface area contributed by atoms with Crippen molar-refractivity contribution in [2.75, 3.05) is 0 Å². The summed E-state index contributed by atoms with van der Waals surface area (Å²) in [6, 6.07) is 7.15. The summed E-state index contributed by atoms with van der Waals surface area (Å²) in [7, 11) is 0. The Morgan fingerprint density at radius 3 is 2.20 bits per heavy atom. The molecule has 2 N–H and O–H groups in total. The van der Waals surface area contributed by atoms with Crippen molar-refractivity contribution in [3.8, 4) is 0 Å². The molecule has 2 rings (SSSR count). The van der Waals surface area contributed by atoms with Crippen LogP contribution in [0.3, 0.4) is 0 Å². The molecule has 0 spiro atoms. The van der Waals surface area contributed by atoms with Crippen LogP contribution in [0.2, 0.25) is 0 Å². The molecule has 0 radical (unpaired) electrons. The van der Waals surface area contributed by atoms with Gasteiger partial charge < -0.3 is 10.6 Å². The van der Waals surface area contributed by atoms with Crippen LogP contribution in [0.1, 0.15) is 68.8 Å². The van der Waals surface area contributed by atoms with Gasteiger partial charge in [-0.15, -0.1) is 0 Å². The van der Waals surface area contributed by atoms with Crippen molar-refractivity contribution >= 4 is 11.8 Å². The Bertz CT molecular complexity index is 572. The monoisotopic (exact) mass is 344 g/mol. The summed E-state index contributed by atoms with van der Waals surface area (Å²) in [5.74, 6) is 0.593. The van der Waals surface area contributed by atoms with Crippen molar-refractivity contribution in [3.63, 3.8) is 0 Å². The van der Waals surface area contributed by atoms with Crippen LogP contribution in [-0.2, 0) is 4.79 Å². The molecule has 1 aliphatic rings. The smallest absolute Gasteiger partial charge is 0.251 e. The molecule has 25 heavy (non-hydrogen) atoms. The first-order chi connectivity index (χ1) is 11.9. The lowest BCUT2D eigenvalue weighted by atomic mass is 9.84. The summed E-state index contributed by atoms with van der Waals surface area (Å²) < 4.78 is 0. The molecule has 1 aromatic carbocycles. The van der Waals surface area contributed by atoms with Gasteiger partial charge in [0.1, 0.15) is 6.04 Å². The van der Waals surface area contributed by atoms with Gasteiger partial charge in [-0.25, -0.2) is 0 Å². The van der Waals surface area contributed by atoms with Crippen molar-refractivity contribution in [2.45, 2.75) is 71.9 Å². The predicted octanol–water partition coefficient (Wildman–Crippen LogP) is 3.83. The molecular formula is C21H32N2O2. The van der Waals surface area contributed by atoms with E-state index in [-0.39, 0.29) is 23.8 Å². The Hall–Kier alpha value is -1.84. The molecule has 0 aromatic heterocycles. The number of hydrogen-bond donors (Lipinski definition) is 2. The zero-order valence-electron chi connectivity index (χ0n) is 16.0. The molecule has 0 heterocycles. The Balaban J connectivity index is 1.94. The van der Waals surface area contributed by atoms with Crippen molar-refractivity contribution in [2.24, 2.45) is 11.8 Å². The number of nitrogens with one attached hydrogen (secondary N) is 2. The highest BCUT2D eigenvalue weighted by Crippen LogP contribution is 2.26. The molecule has 1 aliphatic carbocycles. The maximum absolute atomic E-state index is 12.7. The topological polar surface area (TPSA) is 58.2 Å². The van der Waals surface area contributed by atoms with E-state index in [1.807, 2.05) is 32.9 Å². The first-order valence-electron chi connectivity index (χ1n) is 9.58. The highest BCUT2D eigenvalue weighted by Gasteiger charge is 2.28. The minimum Gasteiger partial charge on any atom is -0.352 e. The van der Waals surface area contributed by atoms with E-state index in [1.54, 1.807) is 12.1 Å². The molecular weight excluding hydrogens is 312 g/mol. The number of aryl methyl sites for hydroxylation is 1. The number of amides is 2. The Kier molecular flexibility index (Phi) is 7.03. The van der Waals surface area contributed by atoms with Gasteiger partial charge in [0, 0.05) is 11.6 Å². The molecule has 0 bridgehead atoms. The van der Waals surface area contributed by atoms with E-state index in [1.165, 1.54) is 19.3 Å². The fourth-order valence-electron chi connectivity index (χ4n) is 3.47. The average Bonchev–Trinajstić information content (AvgIpc) is 2.60. The molecule has 0 saturated heterocycles. The summed E-state index contributed by atoms with van der Waals surface area (Å²) >= 11 is 0. The van der Waals surface area contributed by atoms with Crippen molar-refractivity contribution < 1.29 is 9.59 Å². The largest absolute Gasteiger partial charge is 0.352 e. The lowest BCUT2D eigenvalue weighted by molar-refractivity contribution is -0.124. The molecule has 138 valence electrons. The van der Waals surface area contributed by atoms with E-state index >= 15 is 0 Å². The molecule has 4 nitrogen and oxygen atoms in total. The summed E-state index contributed by atoms with van der Waals surface area (Å²) in [6.45, 7) is 8.15. The van der Waals surface area contributed by atoms with Crippen LogP contribution < -0.4 is 10.6 Å². The summed E-state index contributed by atoms with van der Waals surface area (Å²) in [5, 5.41) is 6.07. The van der Waals surface area contributed by atoms with Gasteiger partial charge in [0.15, 0.2) is 0 Å². The lowest BCUT2D eigenvalue weighted by Crippen LogP contribution is -2.52. The molecule has 1 unspecified atom stereocenters. The van der Waals surface area contributed by atoms with Crippen LogP contribution in [0.4, 0.5) is 0 Å². The second-order valence-corrected chi connectivity index (χ2v) is 7.70. The minimum atomic E-state index is -0.502. The Morgan fingerprint density at radius 1 is 1.08 bits per heavy atom. The van der Waals surface area contributed by atoms with Crippen molar-refractivity contribution in [3.05, 3.63) is 35.4 Å². The number of benzene rings is 1. The molecule has 1 atom stereocenters. The van der Waals surface area contributed by atoms with Crippen LogP contribution in [0.25, 0.3) is 0 Å². The van der Waals surface area contributed by atoms with E-state index < -0.39 is 6.04 Å². The van der Waals surface area contributed by atoms with Gasteiger partial charge in [-0.2, -0.15) is 0 Å². The number of carbonyl (C=O) groups excluding carboxylic acids is 2. The van der Waals surface area contributed by atoms with Gasteiger partial charge in [-0.05, 0) is 56.6 Å². The third kappa shape index (κ3) is 5.58. The molecule has 1 fully saturated rings. The quantitative estimate of drug-likeness (QED) is 0.824. The maximum atomic E-state index is 12.7. The number of rotatable bonds is 6. The summed E-state index contributed by atoms with van der Waals surface area (Å²) in [5.41, 5.74) is 1.70. The minimum absolute atomic E-state index is 0.0429. The van der Waals surface area contributed by atoms with Crippen LogP contribution in [0.15, 0.2) is 24.3 Å². The molecule has 2 amide bonds. The lowest BCUT2D eigenvalue weighted by Gasteiger charge is -2.30. The predicted molar refractivity (Wildman–Crippen MR) is 101 cm³/mol. The highest BCUT2D eigenvalue weighted by molar-refractivity contribution is 5.97. The molecule has 1 saturated carbocycles. The van der Waals surface area contributed by atoms with Gasteiger partial charge in [0.05, 0.1) is 0 Å². The SMILES string of the molecule is CCC1CCC(NC(=O)C(NC(=O)c2ccc(C)cc2)C(C)C)CC1. The van der Waals surface area contributed by atoms with Gasteiger partial charge >= 0.3 is 0 Å². The van der Waals surface area contributed by atoms with Gasteiger partial charge in [-0.1, -0.05) is 44.9 Å². The van der Waals surface area contributed by atoms with E-state index in [0.29, 0.717) is 5.56 Å². The van der Waals surface area contributed by atoms with Crippen molar-refractivity contribution in [1.82, 2.24) is 10.6 Å². The summed E-state index contributed by atoms with van der Waals surface area (Å²) in [4.78, 5) is 25.2. The van der Waals surface area contributed by atoms with Crippen molar-refractivity contribution in [1.29, 1.82) is 0 Å². The highest BCUT2D eigenvalue weighted by atomic mass is 16.2. The van der Waals surface area contributed by atoms with Gasteiger partial charge in [0.2, 0.25) is 5.91 Å². The normalized spacial score (nSPS) is 21.6. The van der Waals surface area contributed by atoms with Crippen LogP contribution in [0.5, 0.6) is 0 Å². The standard InChI is InChI=1S/C21H32N2O2/c1-5-16-8-12-18(13-9-16)22-21(25)19(14(2)3)23-20(24)17-10-6-15(4)7-11-17/h6-7,10-11,14,16,18-19H,5,8-9,12-13H2,1-4H3,(H,22,25)(H,23,24). The van der Waals surface area contributed by atoms with E-state index in [9.17, 15) is 9.59 Å². The van der Waals surface area contributed by atoms with Crippen LogP contribution >= 0.6 is 0 Å². The van der Waals surface area contributed by atoms with Gasteiger partial charge in [0.25, 0.3) is 5.91 Å². The number of hydrogen-bond acceptors (Lipinski definition) is 2. The fraction of sp³-hybridized carbons (Fsp3) is 0.619. The van der Waals surface area contributed by atoms with Crippen LogP contribution in [-0.4, -0.2) is 23.9 Å². The molecule has 0 aliphatic heterocycles. The zero-order chi connectivity index (χ0) is 18.4. The second-order valence-electron chi connectivity index (χ2n) is 7.70. The van der Waals surface area contributed by atoms with E-state index in [0.717, 1.165) is 24.3 Å². The fourth-order valence-corrected chi connectivity index (χ4v) is 3.47. The maximum Gasteiger partial charge on any atom is 0.251 e. The van der Waals surface area contributed by atoms with Crippen LogP contribution in [0, 0.1) is 18.8 Å². The Morgan fingerprint density at radius 2 is 1.68 bits per heavy atom. The van der Waals surface area contributed by atoms with E-state index in [4.69, 9.17) is 0 Å². The third-order valence-electron chi connectivity index (χ3n) is 5.32. The average molecular weight is 344 g/mol. The second kappa shape index (κ2) is 9.02. The molecule has 1 aromatic rings. The molecule has 4 heteroatoms.